The summed E-state index contributed by atoms with van der Waals surface area (Å²) in [6, 6.07) is 0. The van der Waals surface area contributed by atoms with Crippen LogP contribution in [-0.4, -0.2) is 0 Å². The van der Waals surface area contributed by atoms with Gasteiger partial charge in [-0.05, 0) is 78.9 Å². The van der Waals surface area contributed by atoms with Crippen LogP contribution in [0.15, 0.2) is 0 Å². The molecule has 4 fully saturated rings. The van der Waals surface area contributed by atoms with Crippen LogP contribution in [0.5, 0.6) is 0 Å². The summed E-state index contributed by atoms with van der Waals surface area (Å²) in [6.07, 6.45) is 13.8. The Hall–Kier alpha value is 0. The van der Waals surface area contributed by atoms with Crippen LogP contribution in [0.1, 0.15) is 78.6 Å². The van der Waals surface area contributed by atoms with E-state index in [9.17, 15) is 0 Å². The number of fused-ring (bicyclic) bond motifs is 2. The zero-order valence-corrected chi connectivity index (χ0v) is 14.6. The maximum Gasteiger partial charge on any atom is -0.0318 e. The first-order valence-corrected chi connectivity index (χ1v) is 10.3. The minimum absolute atomic E-state index is 1.12. The summed E-state index contributed by atoms with van der Waals surface area (Å²) >= 11 is 0. The standard InChI is InChI=1S/C21H36/c1-4-8-14-12-18-16(14)9-7-10-17(18)21-15(6-3)19-11-13(5-2)20(19)21/h13-21H,4-12H2,1-3H3. The van der Waals surface area contributed by atoms with Crippen LogP contribution >= 0.6 is 0 Å². The van der Waals surface area contributed by atoms with E-state index in [1.54, 1.807) is 32.1 Å². The fraction of sp³-hybridized carbons (Fsp3) is 1.00. The number of hydrogen-bond donors (Lipinski definition) is 0. The molecule has 0 heteroatoms. The average Bonchev–Trinajstić information content (AvgIpc) is 2.46. The molecule has 4 saturated carbocycles. The van der Waals surface area contributed by atoms with Crippen molar-refractivity contribution in [1.29, 1.82) is 0 Å². The normalized spacial score (nSPS) is 54.7. The molecule has 4 aliphatic rings. The first kappa shape index (κ1) is 14.6. The Morgan fingerprint density at radius 3 is 2.19 bits per heavy atom. The predicted octanol–water partition coefficient (Wildman–Crippen LogP) is 6.16. The summed E-state index contributed by atoms with van der Waals surface area (Å²) in [5.74, 6) is 10.3. The van der Waals surface area contributed by atoms with Crippen LogP contribution in [0, 0.1) is 53.3 Å². The van der Waals surface area contributed by atoms with Crippen molar-refractivity contribution in [3.63, 3.8) is 0 Å². The van der Waals surface area contributed by atoms with Gasteiger partial charge in [0.05, 0.1) is 0 Å². The van der Waals surface area contributed by atoms with Crippen LogP contribution < -0.4 is 0 Å². The van der Waals surface area contributed by atoms with E-state index < -0.39 is 0 Å². The molecule has 4 rings (SSSR count). The highest BCUT2D eigenvalue weighted by Crippen LogP contribution is 2.69. The predicted molar refractivity (Wildman–Crippen MR) is 90.0 cm³/mol. The molecule has 0 spiro atoms. The summed E-state index contributed by atoms with van der Waals surface area (Å²) < 4.78 is 0. The van der Waals surface area contributed by atoms with Crippen molar-refractivity contribution < 1.29 is 0 Å². The van der Waals surface area contributed by atoms with E-state index in [0.29, 0.717) is 0 Å². The third kappa shape index (κ3) is 1.99. The van der Waals surface area contributed by atoms with Crippen molar-refractivity contribution in [2.45, 2.75) is 78.6 Å². The molecule has 0 aliphatic heterocycles. The van der Waals surface area contributed by atoms with Gasteiger partial charge >= 0.3 is 0 Å². The Morgan fingerprint density at radius 2 is 1.48 bits per heavy atom. The molecule has 0 aromatic rings. The highest BCUT2D eigenvalue weighted by atomic mass is 14.7. The maximum atomic E-state index is 2.48. The van der Waals surface area contributed by atoms with Gasteiger partial charge in [0.2, 0.25) is 0 Å². The Bertz CT molecular complexity index is 372. The van der Waals surface area contributed by atoms with Crippen molar-refractivity contribution in [3.8, 4) is 0 Å². The van der Waals surface area contributed by atoms with Crippen LogP contribution in [-0.2, 0) is 0 Å². The SMILES string of the molecule is CCCC1CC2C1CCCC2C1C(CC)C2CC(CC)C21. The highest BCUT2D eigenvalue weighted by molar-refractivity contribution is 5.11. The van der Waals surface area contributed by atoms with E-state index in [4.69, 9.17) is 0 Å². The largest absolute Gasteiger partial charge is 0.0654 e. The molecule has 0 nitrogen and oxygen atoms in total. The quantitative estimate of drug-likeness (QED) is 0.568. The van der Waals surface area contributed by atoms with Gasteiger partial charge < -0.3 is 0 Å². The van der Waals surface area contributed by atoms with E-state index >= 15 is 0 Å². The Kier molecular flexibility index (Phi) is 3.87. The topological polar surface area (TPSA) is 0 Å². The molecule has 9 unspecified atom stereocenters. The molecule has 0 saturated heterocycles. The summed E-state index contributed by atoms with van der Waals surface area (Å²) in [6.45, 7) is 7.31. The molecule has 4 aliphatic carbocycles. The van der Waals surface area contributed by atoms with E-state index in [-0.39, 0.29) is 0 Å². The number of hydrogen-bond acceptors (Lipinski definition) is 0. The highest BCUT2D eigenvalue weighted by Gasteiger charge is 2.63. The van der Waals surface area contributed by atoms with Gasteiger partial charge in [-0.1, -0.05) is 52.9 Å². The van der Waals surface area contributed by atoms with Crippen molar-refractivity contribution in [1.82, 2.24) is 0 Å². The lowest BCUT2D eigenvalue weighted by Gasteiger charge is -2.69. The van der Waals surface area contributed by atoms with E-state index in [0.717, 1.165) is 47.3 Å². The average molecular weight is 289 g/mol. The lowest BCUT2D eigenvalue weighted by Crippen LogP contribution is -2.63. The Labute approximate surface area is 132 Å². The molecule has 120 valence electrons. The molecule has 0 aromatic carbocycles. The van der Waals surface area contributed by atoms with E-state index in [1.807, 2.05) is 0 Å². The molecule has 21 heavy (non-hydrogen) atoms. The summed E-state index contributed by atoms with van der Waals surface area (Å²) in [4.78, 5) is 0. The lowest BCUT2D eigenvalue weighted by molar-refractivity contribution is -0.207. The van der Waals surface area contributed by atoms with Gasteiger partial charge in [0.25, 0.3) is 0 Å². The Morgan fingerprint density at radius 1 is 0.714 bits per heavy atom. The van der Waals surface area contributed by atoms with Gasteiger partial charge in [0.15, 0.2) is 0 Å². The molecular weight excluding hydrogens is 252 g/mol. The second-order valence-electron chi connectivity index (χ2n) is 9.00. The minimum Gasteiger partial charge on any atom is -0.0654 e. The molecule has 0 aromatic heterocycles. The van der Waals surface area contributed by atoms with Crippen LogP contribution in [0.3, 0.4) is 0 Å². The fourth-order valence-electron chi connectivity index (χ4n) is 7.70. The Balaban J connectivity index is 1.45. The van der Waals surface area contributed by atoms with Crippen molar-refractivity contribution in [2.24, 2.45) is 53.3 Å². The van der Waals surface area contributed by atoms with Gasteiger partial charge in [-0.25, -0.2) is 0 Å². The molecule has 0 bridgehead atoms. The molecule has 0 amide bonds. The molecule has 9 atom stereocenters. The first-order chi connectivity index (χ1) is 10.3. The smallest absolute Gasteiger partial charge is 0.0318 e. The number of rotatable bonds is 5. The monoisotopic (exact) mass is 288 g/mol. The zero-order valence-electron chi connectivity index (χ0n) is 14.6. The first-order valence-electron chi connectivity index (χ1n) is 10.3. The van der Waals surface area contributed by atoms with Gasteiger partial charge in [-0.3, -0.25) is 0 Å². The van der Waals surface area contributed by atoms with Gasteiger partial charge in [0.1, 0.15) is 0 Å². The van der Waals surface area contributed by atoms with Gasteiger partial charge in [-0.15, -0.1) is 0 Å². The summed E-state index contributed by atoms with van der Waals surface area (Å²) in [5, 5.41) is 0. The fourth-order valence-corrected chi connectivity index (χ4v) is 7.70. The molecule has 0 heterocycles. The summed E-state index contributed by atoms with van der Waals surface area (Å²) in [5.41, 5.74) is 0. The molecule has 0 radical (unpaired) electrons. The summed E-state index contributed by atoms with van der Waals surface area (Å²) in [7, 11) is 0. The maximum absolute atomic E-state index is 2.48. The second-order valence-corrected chi connectivity index (χ2v) is 9.00. The molecular formula is C21H36. The third-order valence-corrected chi connectivity index (χ3v) is 8.61. The second kappa shape index (κ2) is 5.57. The van der Waals surface area contributed by atoms with Crippen molar-refractivity contribution >= 4 is 0 Å². The minimum atomic E-state index is 1.12. The van der Waals surface area contributed by atoms with Crippen molar-refractivity contribution in [3.05, 3.63) is 0 Å². The van der Waals surface area contributed by atoms with Crippen molar-refractivity contribution in [2.75, 3.05) is 0 Å². The van der Waals surface area contributed by atoms with E-state index in [2.05, 4.69) is 20.8 Å². The zero-order chi connectivity index (χ0) is 14.6. The van der Waals surface area contributed by atoms with E-state index in [1.165, 1.54) is 31.6 Å². The molecule has 0 N–H and O–H groups in total. The van der Waals surface area contributed by atoms with Crippen LogP contribution in [0.25, 0.3) is 0 Å². The lowest BCUT2D eigenvalue weighted by atomic mass is 9.36. The third-order valence-electron chi connectivity index (χ3n) is 8.61. The van der Waals surface area contributed by atoms with Gasteiger partial charge in [-0.2, -0.15) is 0 Å². The van der Waals surface area contributed by atoms with Crippen LogP contribution in [0.4, 0.5) is 0 Å². The van der Waals surface area contributed by atoms with Gasteiger partial charge in [0, 0.05) is 0 Å². The van der Waals surface area contributed by atoms with Crippen LogP contribution in [0.2, 0.25) is 0 Å².